The van der Waals surface area contributed by atoms with Gasteiger partial charge >= 0.3 is 5.97 Å². The van der Waals surface area contributed by atoms with Crippen LogP contribution in [0.25, 0.3) is 11.1 Å². The minimum absolute atomic E-state index is 0.289. The summed E-state index contributed by atoms with van der Waals surface area (Å²) in [6.45, 7) is 4.41. The van der Waals surface area contributed by atoms with Crippen LogP contribution in [0.4, 0.5) is 0 Å². The molecule has 0 radical (unpaired) electrons. The lowest BCUT2D eigenvalue weighted by molar-refractivity contribution is 0.0660. The molecule has 0 fully saturated rings. The van der Waals surface area contributed by atoms with Crippen molar-refractivity contribution in [2.45, 2.75) is 58.0 Å². The minimum Gasteiger partial charge on any atom is -0.486 e. The number of hydrogen-bond donors (Lipinski definition) is 1. The van der Waals surface area contributed by atoms with E-state index in [2.05, 4.69) is 44.2 Å². The van der Waals surface area contributed by atoms with Crippen molar-refractivity contribution >= 4 is 5.97 Å². The summed E-state index contributed by atoms with van der Waals surface area (Å²) in [6.07, 6.45) is 6.33. The Morgan fingerprint density at radius 3 is 2.52 bits per heavy atom. The Balaban J connectivity index is 1.59. The zero-order valence-corrected chi connectivity index (χ0v) is 18.4. The Morgan fingerprint density at radius 2 is 1.77 bits per heavy atom. The number of ether oxygens (including phenoxy) is 1. The number of benzene rings is 3. The smallest absolute Gasteiger partial charge is 0.335 e. The van der Waals surface area contributed by atoms with Gasteiger partial charge in [0.15, 0.2) is 0 Å². The molecule has 3 aromatic carbocycles. The van der Waals surface area contributed by atoms with Gasteiger partial charge in [0, 0.05) is 12.0 Å². The van der Waals surface area contributed by atoms with Crippen LogP contribution < -0.4 is 4.74 Å². The number of carbonyl (C=O) groups is 1. The second-order valence-electron chi connectivity index (χ2n) is 8.83. The summed E-state index contributed by atoms with van der Waals surface area (Å²) in [5.74, 6) is -0.0295. The molecule has 1 aliphatic heterocycles. The number of rotatable bonds is 7. The van der Waals surface area contributed by atoms with Crippen LogP contribution >= 0.6 is 0 Å². The van der Waals surface area contributed by atoms with E-state index in [-0.39, 0.29) is 11.2 Å². The van der Waals surface area contributed by atoms with E-state index in [1.807, 2.05) is 18.2 Å². The van der Waals surface area contributed by atoms with Gasteiger partial charge in [-0.3, -0.25) is 0 Å². The fourth-order valence-corrected chi connectivity index (χ4v) is 4.41. The van der Waals surface area contributed by atoms with E-state index in [1.165, 1.54) is 29.5 Å². The zero-order valence-electron chi connectivity index (χ0n) is 18.4. The summed E-state index contributed by atoms with van der Waals surface area (Å²) in [5.41, 5.74) is 5.70. The Labute approximate surface area is 184 Å². The summed E-state index contributed by atoms with van der Waals surface area (Å²) in [4.78, 5) is 11.4. The first-order chi connectivity index (χ1) is 15.0. The van der Waals surface area contributed by atoms with Crippen molar-refractivity contribution in [3.8, 4) is 16.9 Å². The fourth-order valence-electron chi connectivity index (χ4n) is 4.41. The second kappa shape index (κ2) is 8.97. The van der Waals surface area contributed by atoms with Gasteiger partial charge < -0.3 is 9.84 Å². The SMILES string of the molecule is CCCCc1ccc(CC2(C)CCc3cccc(-c4cccc(C(=O)O)c4)c3O2)cc1. The van der Waals surface area contributed by atoms with Gasteiger partial charge in [0.1, 0.15) is 11.4 Å². The van der Waals surface area contributed by atoms with Crippen LogP contribution in [0.2, 0.25) is 0 Å². The van der Waals surface area contributed by atoms with E-state index in [9.17, 15) is 9.90 Å². The molecule has 160 valence electrons. The number of aromatic carboxylic acids is 1. The Morgan fingerprint density at radius 1 is 1.03 bits per heavy atom. The summed E-state index contributed by atoms with van der Waals surface area (Å²) in [5, 5.41) is 9.38. The van der Waals surface area contributed by atoms with Crippen LogP contribution in [0.5, 0.6) is 5.75 Å². The molecular weight excluding hydrogens is 384 g/mol. The molecule has 1 N–H and O–H groups in total. The number of hydrogen-bond acceptors (Lipinski definition) is 2. The van der Waals surface area contributed by atoms with Crippen molar-refractivity contribution in [3.05, 3.63) is 89.0 Å². The molecule has 0 amide bonds. The molecule has 0 saturated heterocycles. The fraction of sp³-hybridized carbons (Fsp3) is 0.321. The third-order valence-corrected chi connectivity index (χ3v) is 6.21. The largest absolute Gasteiger partial charge is 0.486 e. The summed E-state index contributed by atoms with van der Waals surface area (Å²) in [7, 11) is 0. The lowest BCUT2D eigenvalue weighted by Crippen LogP contribution is -2.38. The minimum atomic E-state index is -0.917. The van der Waals surface area contributed by atoms with E-state index in [0.29, 0.717) is 0 Å². The first kappa shape index (κ1) is 21.2. The van der Waals surface area contributed by atoms with Crippen molar-refractivity contribution in [2.75, 3.05) is 0 Å². The Hall–Kier alpha value is -3.07. The number of unbranched alkanes of at least 4 members (excludes halogenated alkanes) is 1. The van der Waals surface area contributed by atoms with Gasteiger partial charge in [-0.15, -0.1) is 0 Å². The summed E-state index contributed by atoms with van der Waals surface area (Å²) in [6, 6.07) is 22.2. The lowest BCUT2D eigenvalue weighted by atomic mass is 9.85. The van der Waals surface area contributed by atoms with Crippen molar-refractivity contribution in [1.82, 2.24) is 0 Å². The van der Waals surface area contributed by atoms with Crippen molar-refractivity contribution in [2.24, 2.45) is 0 Å². The van der Waals surface area contributed by atoms with Gasteiger partial charge in [0.05, 0.1) is 5.56 Å². The van der Waals surface area contributed by atoms with Crippen LogP contribution in [0.3, 0.4) is 0 Å². The molecule has 0 aromatic heterocycles. The van der Waals surface area contributed by atoms with Gasteiger partial charge in [0.25, 0.3) is 0 Å². The Bertz CT molecular complexity index is 1070. The average molecular weight is 415 g/mol. The molecule has 1 aliphatic rings. The van der Waals surface area contributed by atoms with Crippen molar-refractivity contribution < 1.29 is 14.6 Å². The molecular formula is C28H30O3. The van der Waals surface area contributed by atoms with E-state index in [1.54, 1.807) is 18.2 Å². The highest BCUT2D eigenvalue weighted by atomic mass is 16.5. The standard InChI is InChI=1S/C28H30O3/c1-3-4-7-20-12-14-21(15-13-20)19-28(2)17-16-22-8-6-11-25(26(22)31-28)23-9-5-10-24(18-23)27(29)30/h5-6,8-15,18H,3-4,7,16-17,19H2,1-2H3,(H,29,30). The van der Waals surface area contributed by atoms with Gasteiger partial charge in [-0.05, 0) is 67.0 Å². The molecule has 1 unspecified atom stereocenters. The van der Waals surface area contributed by atoms with E-state index >= 15 is 0 Å². The van der Waals surface area contributed by atoms with Gasteiger partial charge in [-0.2, -0.15) is 0 Å². The monoisotopic (exact) mass is 414 g/mol. The van der Waals surface area contributed by atoms with Crippen LogP contribution in [0.15, 0.2) is 66.7 Å². The molecule has 0 aliphatic carbocycles. The third kappa shape index (κ3) is 4.82. The van der Waals surface area contributed by atoms with Crippen LogP contribution in [-0.4, -0.2) is 16.7 Å². The third-order valence-electron chi connectivity index (χ3n) is 6.21. The number of aryl methyl sites for hydroxylation is 2. The first-order valence-corrected chi connectivity index (χ1v) is 11.2. The van der Waals surface area contributed by atoms with Gasteiger partial charge in [-0.25, -0.2) is 4.79 Å². The molecule has 3 aromatic rings. The maximum absolute atomic E-state index is 11.4. The molecule has 4 rings (SSSR count). The molecule has 0 bridgehead atoms. The van der Waals surface area contributed by atoms with Crippen molar-refractivity contribution in [1.29, 1.82) is 0 Å². The average Bonchev–Trinajstić information content (AvgIpc) is 2.78. The van der Waals surface area contributed by atoms with E-state index < -0.39 is 5.97 Å². The van der Waals surface area contributed by atoms with Crippen LogP contribution in [0.1, 0.15) is 60.2 Å². The quantitative estimate of drug-likeness (QED) is 0.467. The maximum atomic E-state index is 11.4. The highest BCUT2D eigenvalue weighted by Crippen LogP contribution is 2.42. The highest BCUT2D eigenvalue weighted by molar-refractivity contribution is 5.90. The number of para-hydroxylation sites is 1. The first-order valence-electron chi connectivity index (χ1n) is 11.2. The molecule has 0 saturated carbocycles. The molecule has 0 spiro atoms. The topological polar surface area (TPSA) is 46.5 Å². The number of carboxylic acid groups (broad SMARTS) is 1. The Kier molecular flexibility index (Phi) is 6.13. The van der Waals surface area contributed by atoms with Gasteiger partial charge in [0.2, 0.25) is 0 Å². The molecule has 31 heavy (non-hydrogen) atoms. The number of carboxylic acids is 1. The van der Waals surface area contributed by atoms with E-state index in [4.69, 9.17) is 4.74 Å². The predicted molar refractivity (Wildman–Crippen MR) is 125 cm³/mol. The lowest BCUT2D eigenvalue weighted by Gasteiger charge is -2.37. The molecule has 3 heteroatoms. The molecule has 1 atom stereocenters. The van der Waals surface area contributed by atoms with Crippen LogP contribution in [-0.2, 0) is 19.3 Å². The molecule has 1 heterocycles. The highest BCUT2D eigenvalue weighted by Gasteiger charge is 2.33. The predicted octanol–water partition coefficient (Wildman–Crippen LogP) is 6.72. The normalized spacial score (nSPS) is 17.6. The van der Waals surface area contributed by atoms with Crippen LogP contribution in [0, 0.1) is 0 Å². The van der Waals surface area contributed by atoms with Gasteiger partial charge in [-0.1, -0.05) is 67.9 Å². The number of fused-ring (bicyclic) bond motifs is 1. The van der Waals surface area contributed by atoms with E-state index in [0.717, 1.165) is 42.6 Å². The summed E-state index contributed by atoms with van der Waals surface area (Å²) < 4.78 is 6.66. The zero-order chi connectivity index (χ0) is 21.8. The summed E-state index contributed by atoms with van der Waals surface area (Å²) >= 11 is 0. The second-order valence-corrected chi connectivity index (χ2v) is 8.83. The van der Waals surface area contributed by atoms with Crippen molar-refractivity contribution in [3.63, 3.8) is 0 Å². The molecule has 3 nitrogen and oxygen atoms in total. The maximum Gasteiger partial charge on any atom is 0.335 e.